The Hall–Kier alpha value is -1.84. The van der Waals surface area contributed by atoms with Crippen molar-refractivity contribution in [3.8, 4) is 0 Å². The molecule has 4 heteroatoms. The molecule has 0 fully saturated rings. The molecular weight excluding hydrogens is 278 g/mol. The van der Waals surface area contributed by atoms with Gasteiger partial charge in [-0.2, -0.15) is 0 Å². The van der Waals surface area contributed by atoms with Crippen LogP contribution in [0.1, 0.15) is 52.0 Å². The van der Waals surface area contributed by atoms with Gasteiger partial charge in [0.2, 0.25) is 5.91 Å². The molecule has 0 aliphatic carbocycles. The van der Waals surface area contributed by atoms with E-state index in [0.29, 0.717) is 6.42 Å². The fourth-order valence-corrected chi connectivity index (χ4v) is 2.59. The minimum absolute atomic E-state index is 0.0662. The van der Waals surface area contributed by atoms with Crippen LogP contribution in [0.25, 0.3) is 0 Å². The number of hydrogen-bond donors (Lipinski definition) is 2. The Balaban J connectivity index is 2.83. The summed E-state index contributed by atoms with van der Waals surface area (Å²) < 4.78 is 0. The first-order valence-electron chi connectivity index (χ1n) is 8.04. The van der Waals surface area contributed by atoms with Crippen LogP contribution in [0.2, 0.25) is 0 Å². The molecule has 0 aliphatic rings. The number of hydrogen-bond acceptors (Lipinski definition) is 2. The van der Waals surface area contributed by atoms with Gasteiger partial charge in [-0.25, -0.2) is 0 Å². The molecule has 0 saturated carbocycles. The van der Waals surface area contributed by atoms with Gasteiger partial charge in [0.25, 0.3) is 0 Å². The molecular formula is C18H27NO3. The summed E-state index contributed by atoms with van der Waals surface area (Å²) in [6.45, 7) is 5.94. The number of carboxylic acid groups (broad SMARTS) is 1. The maximum atomic E-state index is 12.2. The SMILES string of the molecule is CCCCC(C)C(=O)NCC(CC)(C(=O)O)c1ccccc1. The second kappa shape index (κ2) is 8.57. The Morgan fingerprint density at radius 1 is 1.23 bits per heavy atom. The fourth-order valence-electron chi connectivity index (χ4n) is 2.59. The van der Waals surface area contributed by atoms with Gasteiger partial charge < -0.3 is 10.4 Å². The molecule has 4 nitrogen and oxygen atoms in total. The van der Waals surface area contributed by atoms with Gasteiger partial charge in [-0.3, -0.25) is 9.59 Å². The van der Waals surface area contributed by atoms with Gasteiger partial charge in [-0.15, -0.1) is 0 Å². The highest BCUT2D eigenvalue weighted by Crippen LogP contribution is 2.28. The zero-order chi connectivity index (χ0) is 16.6. The lowest BCUT2D eigenvalue weighted by Crippen LogP contribution is -2.47. The average Bonchev–Trinajstić information content (AvgIpc) is 2.54. The number of aliphatic carboxylic acids is 1. The lowest BCUT2D eigenvalue weighted by atomic mass is 9.78. The highest BCUT2D eigenvalue weighted by Gasteiger charge is 2.39. The zero-order valence-electron chi connectivity index (χ0n) is 13.8. The van der Waals surface area contributed by atoms with E-state index in [9.17, 15) is 14.7 Å². The zero-order valence-corrected chi connectivity index (χ0v) is 13.8. The summed E-state index contributed by atoms with van der Waals surface area (Å²) in [6.07, 6.45) is 3.32. The first kappa shape index (κ1) is 18.2. The second-order valence-corrected chi connectivity index (χ2v) is 5.87. The molecule has 0 radical (unpaired) electrons. The van der Waals surface area contributed by atoms with Crippen LogP contribution >= 0.6 is 0 Å². The number of carbonyl (C=O) groups excluding carboxylic acids is 1. The molecule has 2 N–H and O–H groups in total. The van der Waals surface area contributed by atoms with Crippen LogP contribution in [0.4, 0.5) is 0 Å². The first-order valence-corrected chi connectivity index (χ1v) is 8.04. The molecule has 122 valence electrons. The third-order valence-corrected chi connectivity index (χ3v) is 4.34. The van der Waals surface area contributed by atoms with Crippen LogP contribution in [-0.4, -0.2) is 23.5 Å². The molecule has 0 spiro atoms. The summed E-state index contributed by atoms with van der Waals surface area (Å²) in [4.78, 5) is 24.0. The van der Waals surface area contributed by atoms with Gasteiger partial charge in [0.15, 0.2) is 0 Å². The van der Waals surface area contributed by atoms with Crippen molar-refractivity contribution in [3.05, 3.63) is 35.9 Å². The molecule has 1 aromatic rings. The number of rotatable bonds is 9. The lowest BCUT2D eigenvalue weighted by Gasteiger charge is -2.29. The molecule has 1 rings (SSSR count). The van der Waals surface area contributed by atoms with Crippen molar-refractivity contribution in [2.24, 2.45) is 5.92 Å². The quantitative estimate of drug-likeness (QED) is 0.735. The monoisotopic (exact) mass is 305 g/mol. The van der Waals surface area contributed by atoms with E-state index in [1.165, 1.54) is 0 Å². The number of amides is 1. The third kappa shape index (κ3) is 4.33. The second-order valence-electron chi connectivity index (χ2n) is 5.87. The number of benzene rings is 1. The fraction of sp³-hybridized carbons (Fsp3) is 0.556. The van der Waals surface area contributed by atoms with Gasteiger partial charge in [-0.1, -0.05) is 63.9 Å². The summed E-state index contributed by atoms with van der Waals surface area (Å²) in [6, 6.07) is 9.13. The van der Waals surface area contributed by atoms with Crippen LogP contribution in [0.15, 0.2) is 30.3 Å². The molecule has 0 bridgehead atoms. The van der Waals surface area contributed by atoms with Crippen LogP contribution in [-0.2, 0) is 15.0 Å². The van der Waals surface area contributed by atoms with E-state index in [2.05, 4.69) is 12.2 Å². The maximum Gasteiger partial charge on any atom is 0.315 e. The van der Waals surface area contributed by atoms with Crippen molar-refractivity contribution >= 4 is 11.9 Å². The molecule has 0 aliphatic heterocycles. The van der Waals surface area contributed by atoms with Crippen molar-refractivity contribution in [3.63, 3.8) is 0 Å². The Bertz CT molecular complexity index is 486. The Labute approximate surface area is 132 Å². The Morgan fingerprint density at radius 3 is 2.36 bits per heavy atom. The minimum atomic E-state index is -1.07. The number of carboxylic acids is 1. The van der Waals surface area contributed by atoms with E-state index in [1.54, 1.807) is 0 Å². The first-order chi connectivity index (χ1) is 10.5. The molecule has 2 atom stereocenters. The molecule has 1 amide bonds. The van der Waals surface area contributed by atoms with Crippen molar-refractivity contribution in [1.82, 2.24) is 5.32 Å². The molecule has 0 saturated heterocycles. The highest BCUT2D eigenvalue weighted by molar-refractivity contribution is 5.84. The molecule has 2 unspecified atom stereocenters. The van der Waals surface area contributed by atoms with Gasteiger partial charge in [0.1, 0.15) is 5.41 Å². The van der Waals surface area contributed by atoms with E-state index in [0.717, 1.165) is 24.8 Å². The van der Waals surface area contributed by atoms with E-state index in [1.807, 2.05) is 44.2 Å². The van der Waals surface area contributed by atoms with Crippen molar-refractivity contribution in [1.29, 1.82) is 0 Å². The summed E-state index contributed by atoms with van der Waals surface area (Å²) in [5.41, 5.74) is -0.340. The molecule has 22 heavy (non-hydrogen) atoms. The van der Waals surface area contributed by atoms with E-state index >= 15 is 0 Å². The summed E-state index contributed by atoms with van der Waals surface area (Å²) in [5, 5.41) is 12.6. The largest absolute Gasteiger partial charge is 0.481 e. The van der Waals surface area contributed by atoms with Crippen LogP contribution in [0.3, 0.4) is 0 Å². The van der Waals surface area contributed by atoms with E-state index in [4.69, 9.17) is 0 Å². The van der Waals surface area contributed by atoms with Crippen LogP contribution < -0.4 is 5.32 Å². The van der Waals surface area contributed by atoms with Gasteiger partial charge in [0, 0.05) is 12.5 Å². The topological polar surface area (TPSA) is 66.4 Å². The molecule has 1 aromatic carbocycles. The smallest absolute Gasteiger partial charge is 0.315 e. The third-order valence-electron chi connectivity index (χ3n) is 4.34. The molecule has 0 heterocycles. The summed E-state index contributed by atoms with van der Waals surface area (Å²) in [5.74, 6) is -1.05. The predicted molar refractivity (Wildman–Crippen MR) is 87.7 cm³/mol. The van der Waals surface area contributed by atoms with Gasteiger partial charge in [0.05, 0.1) is 0 Å². The van der Waals surface area contributed by atoms with Crippen molar-refractivity contribution < 1.29 is 14.7 Å². The standard InChI is InChI=1S/C18H27NO3/c1-4-6-10-14(3)16(20)19-13-18(5-2,17(21)22)15-11-8-7-9-12-15/h7-9,11-12,14H,4-6,10,13H2,1-3H3,(H,19,20)(H,21,22). The summed E-state index contributed by atoms with van der Waals surface area (Å²) >= 11 is 0. The highest BCUT2D eigenvalue weighted by atomic mass is 16.4. The summed E-state index contributed by atoms with van der Waals surface area (Å²) in [7, 11) is 0. The lowest BCUT2D eigenvalue weighted by molar-refractivity contribution is -0.144. The van der Waals surface area contributed by atoms with E-state index in [-0.39, 0.29) is 18.4 Å². The number of carbonyl (C=O) groups is 2. The van der Waals surface area contributed by atoms with E-state index < -0.39 is 11.4 Å². The Kier molecular flexibility index (Phi) is 7.09. The van der Waals surface area contributed by atoms with Crippen molar-refractivity contribution in [2.45, 2.75) is 51.9 Å². The normalized spacial score (nSPS) is 14.9. The average molecular weight is 305 g/mol. The maximum absolute atomic E-state index is 12.2. The molecule has 0 aromatic heterocycles. The van der Waals surface area contributed by atoms with Gasteiger partial charge >= 0.3 is 5.97 Å². The van der Waals surface area contributed by atoms with Crippen LogP contribution in [0, 0.1) is 5.92 Å². The number of unbranched alkanes of at least 4 members (excludes halogenated alkanes) is 1. The van der Waals surface area contributed by atoms with Crippen molar-refractivity contribution in [2.75, 3.05) is 6.54 Å². The van der Waals surface area contributed by atoms with Gasteiger partial charge in [-0.05, 0) is 18.4 Å². The predicted octanol–water partition coefficient (Wildman–Crippen LogP) is 3.36. The minimum Gasteiger partial charge on any atom is -0.481 e. The Morgan fingerprint density at radius 2 is 1.86 bits per heavy atom. The van der Waals surface area contributed by atoms with Crippen LogP contribution in [0.5, 0.6) is 0 Å². The number of nitrogens with one attached hydrogen (secondary N) is 1.